The summed E-state index contributed by atoms with van der Waals surface area (Å²) in [4.78, 5) is 90.3. The number of amides is 9. The van der Waals surface area contributed by atoms with E-state index in [0.717, 1.165) is 44.8 Å². The summed E-state index contributed by atoms with van der Waals surface area (Å²) in [7, 11) is -7.61. The fourth-order valence-electron chi connectivity index (χ4n) is 11.8. The second-order valence-electron chi connectivity index (χ2n) is 25.9. The number of aryl methyl sites for hydroxylation is 4. The van der Waals surface area contributed by atoms with Gasteiger partial charge < -0.3 is 30.9 Å². The number of halogens is 8. The molecule has 0 atom stereocenters. The average Bonchev–Trinajstić information content (AvgIpc) is 1.68. The van der Waals surface area contributed by atoms with E-state index in [1.54, 1.807) is 92.7 Å². The first-order valence-electron chi connectivity index (χ1n) is 30.9. The molecule has 538 valence electrons. The van der Waals surface area contributed by atoms with Gasteiger partial charge in [0.2, 0.25) is 31.9 Å². The molecule has 4 aromatic rings. The third-order valence-corrected chi connectivity index (χ3v) is 20.7. The molecule has 0 radical (unpaired) electrons. The Morgan fingerprint density at radius 2 is 0.960 bits per heavy atom. The van der Waals surface area contributed by atoms with Crippen LogP contribution in [0.2, 0.25) is 0 Å². The molecule has 34 heteroatoms. The van der Waals surface area contributed by atoms with Crippen LogP contribution in [-0.2, 0) is 52.1 Å². The van der Waals surface area contributed by atoms with Crippen LogP contribution in [0.4, 0.5) is 56.1 Å². The molecule has 5 aliphatic rings. The molecule has 0 saturated carbocycles. The number of rotatable bonds is 16. The molecule has 1 spiro atoms. The summed E-state index contributed by atoms with van der Waals surface area (Å²) in [6, 6.07) is 10.7. The second-order valence-corrected chi connectivity index (χ2v) is 30.1. The molecule has 6 N–H and O–H groups in total. The molecule has 4 fully saturated rings. The van der Waals surface area contributed by atoms with E-state index >= 15 is 0 Å². The number of urea groups is 2. The number of nitrogens with two attached hydrogens (primary N) is 1. The van der Waals surface area contributed by atoms with Gasteiger partial charge in [-0.15, -0.1) is 31.9 Å². The van der Waals surface area contributed by atoms with Crippen LogP contribution in [0.15, 0.2) is 66.7 Å². The second kappa shape index (κ2) is 31.3. The van der Waals surface area contributed by atoms with E-state index in [2.05, 4.69) is 30.7 Å². The number of primary amides is 1. The number of benzene rings is 4. The van der Waals surface area contributed by atoms with Gasteiger partial charge in [0, 0.05) is 54.4 Å². The Bertz CT molecular complexity index is 4000. The Hall–Kier alpha value is -6.63. The van der Waals surface area contributed by atoms with Crippen LogP contribution in [0.3, 0.4) is 0 Å². The Kier molecular flexibility index (Phi) is 26.3. The van der Waals surface area contributed by atoms with Gasteiger partial charge in [-0.3, -0.25) is 44.4 Å². The standard InChI is InChI=1S/C30H32F4N4O6S.C29H33F4N5O7S.C4H9O.C2H6.K/c1-17-13-20(38-27(41)36-25(39)28(38,3)4)14-18(2)21(17)7-12-45(42,43)37-10-8-29(9-11-37)16-23(35-26(29)40)19-5-6-22(31)24(15-19)44-30(32,33)34;1-16-13-19(38-26(42)35-25(41)27(38,3)4)14-17(2)20(16)7-12-46(43,44)37-10-8-28(9-11-37,24(34)40)36-23(39)18-5-6-21(30)22(15-18)45-29(31,32)33;1-4(2,3)5;1-2;/h5-6,13-16H,7-12H2,1-4H3,(H,35,40)(H,36,39,41);5-6,13-15H,7-12H2,1-4H3,(H2,34,40)(H,36,39)(H,35,41,42);1-3H3;1-2H3;/q;;-1;;+1. The van der Waals surface area contributed by atoms with E-state index in [4.69, 9.17) is 5.73 Å². The Labute approximate surface area is 611 Å². The van der Waals surface area contributed by atoms with Crippen molar-refractivity contribution < 1.29 is 151 Å². The van der Waals surface area contributed by atoms with E-state index in [1.807, 2.05) is 27.7 Å². The number of sulfonamides is 2. The molecule has 0 bridgehead atoms. The topological polar surface area (TPSA) is 316 Å². The first-order chi connectivity index (χ1) is 45.0. The molecule has 4 aromatic carbocycles. The first-order valence-corrected chi connectivity index (χ1v) is 34.2. The number of imide groups is 2. The number of hydrogen-bond donors (Lipinski definition) is 5. The van der Waals surface area contributed by atoms with Crippen molar-refractivity contribution in [2.45, 2.75) is 163 Å². The van der Waals surface area contributed by atoms with Crippen molar-refractivity contribution in [2.75, 3.05) is 47.5 Å². The number of carbonyl (C=O) groups excluding carboxylic acids is 7. The minimum Gasteiger partial charge on any atom is -0.850 e. The third kappa shape index (κ3) is 19.9. The van der Waals surface area contributed by atoms with Crippen molar-refractivity contribution in [2.24, 2.45) is 11.1 Å². The normalized spacial score (nSPS) is 18.2. The number of ether oxygens (including phenoxy) is 2. The van der Waals surface area contributed by atoms with Gasteiger partial charge >= 0.3 is 76.2 Å². The monoisotopic (exact) mass is 1470 g/mol. The van der Waals surface area contributed by atoms with E-state index in [-0.39, 0.29) is 139 Å². The molecule has 4 saturated heterocycles. The van der Waals surface area contributed by atoms with Crippen molar-refractivity contribution in [1.82, 2.24) is 29.9 Å². The number of piperidine rings is 2. The van der Waals surface area contributed by atoms with Gasteiger partial charge in [0.05, 0.1) is 16.9 Å². The first kappa shape index (κ1) is 83.0. The van der Waals surface area contributed by atoms with Crippen LogP contribution in [-0.4, -0.2) is 140 Å². The van der Waals surface area contributed by atoms with Gasteiger partial charge in [-0.1, -0.05) is 34.6 Å². The summed E-state index contributed by atoms with van der Waals surface area (Å²) in [6.07, 6.45) is -8.58. The van der Waals surface area contributed by atoms with Crippen LogP contribution in [0.1, 0.15) is 137 Å². The van der Waals surface area contributed by atoms with Gasteiger partial charge in [0.15, 0.2) is 23.1 Å². The summed E-state index contributed by atoms with van der Waals surface area (Å²) in [5, 5.41) is 19.7. The Morgan fingerprint density at radius 1 is 0.596 bits per heavy atom. The molecular formula is C65H80F8KN9O14S2. The number of nitrogens with zero attached hydrogens (tertiary/aromatic N) is 4. The van der Waals surface area contributed by atoms with E-state index in [1.165, 1.54) is 20.2 Å². The molecule has 23 nitrogen and oxygen atoms in total. The maximum absolute atomic E-state index is 13.9. The summed E-state index contributed by atoms with van der Waals surface area (Å²) < 4.78 is 167. The van der Waals surface area contributed by atoms with Crippen LogP contribution in [0.25, 0.3) is 5.70 Å². The minimum absolute atomic E-state index is 0. The molecule has 0 aromatic heterocycles. The minimum atomic E-state index is -5.21. The van der Waals surface area contributed by atoms with Crippen molar-refractivity contribution in [3.8, 4) is 11.5 Å². The maximum Gasteiger partial charge on any atom is 1.00 e. The zero-order valence-electron chi connectivity index (χ0n) is 57.3. The molecule has 5 heterocycles. The fourth-order valence-corrected chi connectivity index (χ4v) is 14.7. The zero-order chi connectivity index (χ0) is 74.0. The van der Waals surface area contributed by atoms with Crippen molar-refractivity contribution in [3.63, 3.8) is 0 Å². The van der Waals surface area contributed by atoms with Crippen LogP contribution in [0.5, 0.6) is 11.5 Å². The van der Waals surface area contributed by atoms with E-state index in [0.29, 0.717) is 34.6 Å². The number of anilines is 2. The van der Waals surface area contributed by atoms with Crippen molar-refractivity contribution >= 4 is 78.7 Å². The zero-order valence-corrected chi connectivity index (χ0v) is 62.0. The molecular weight excluding hydrogens is 1390 g/mol. The predicted molar refractivity (Wildman–Crippen MR) is 344 cm³/mol. The SMILES string of the molecule is CC.CC(C)(C)[O-].Cc1cc(N2C(=O)NC(=O)C2(C)C)cc(C)c1CCS(=O)(=O)N1CCC(NC(=O)c2ccc(F)c(OC(F)(F)F)c2)(C(N)=O)CC1.Cc1cc(N2C(=O)NC(=O)C2(C)C)cc(C)c1CCS(=O)(=O)N1CCC2(C=C(c3ccc(F)c(OC(F)(F)F)c3)NC2=O)CC1.[K+]. The molecule has 9 amide bonds. The number of alkyl halides is 6. The Balaban J connectivity index is 0.000000324. The van der Waals surface area contributed by atoms with Gasteiger partial charge in [-0.2, -0.15) is 0 Å². The average molecular weight is 1470 g/mol. The van der Waals surface area contributed by atoms with Gasteiger partial charge in [0.25, 0.3) is 17.7 Å². The molecule has 9 rings (SSSR count). The fraction of sp³-hybridized carbons (Fsp3) is 0.492. The molecule has 0 aliphatic carbocycles. The number of nitrogens with one attached hydrogen (secondary N) is 4. The van der Waals surface area contributed by atoms with Gasteiger partial charge in [0.1, 0.15) is 16.6 Å². The van der Waals surface area contributed by atoms with Crippen molar-refractivity contribution in [1.29, 1.82) is 0 Å². The van der Waals surface area contributed by atoms with Crippen LogP contribution in [0, 0.1) is 44.7 Å². The largest absolute Gasteiger partial charge is 1.00 e. The Morgan fingerprint density at radius 3 is 1.31 bits per heavy atom. The van der Waals surface area contributed by atoms with Crippen LogP contribution < -0.4 is 103 Å². The summed E-state index contributed by atoms with van der Waals surface area (Å²) in [5.41, 5.74) is 5.24. The quantitative estimate of drug-likeness (QED) is 0.0542. The summed E-state index contributed by atoms with van der Waals surface area (Å²) in [5.74, 6) is -8.62. The van der Waals surface area contributed by atoms with E-state index < -0.39 is 131 Å². The smallest absolute Gasteiger partial charge is 0.850 e. The summed E-state index contributed by atoms with van der Waals surface area (Å²) in [6.45, 7) is 22.3. The van der Waals surface area contributed by atoms with Gasteiger partial charge in [-0.25, -0.2) is 43.8 Å². The predicted octanol–water partition coefficient (Wildman–Crippen LogP) is 5.27. The maximum atomic E-state index is 13.9. The molecule has 99 heavy (non-hydrogen) atoms. The van der Waals surface area contributed by atoms with Crippen LogP contribution >= 0.6 is 0 Å². The van der Waals surface area contributed by atoms with Gasteiger partial charge in [-0.05, 0) is 194 Å². The summed E-state index contributed by atoms with van der Waals surface area (Å²) >= 11 is 0. The molecule has 5 aliphatic heterocycles. The van der Waals surface area contributed by atoms with E-state index in [9.17, 15) is 90.6 Å². The molecule has 0 unspecified atom stereocenters. The van der Waals surface area contributed by atoms with Crippen molar-refractivity contribution in [3.05, 3.63) is 123 Å². The third-order valence-electron chi connectivity index (χ3n) is 17.0. The number of carbonyl (C=O) groups is 7. The number of hydrogen-bond acceptors (Lipinski definition) is 14.